The minimum Gasteiger partial charge on any atom is -0.486 e. The van der Waals surface area contributed by atoms with Gasteiger partial charge >= 0.3 is 6.36 Å². The Morgan fingerprint density at radius 3 is 2.36 bits per heavy atom. The van der Waals surface area contributed by atoms with Crippen molar-refractivity contribution in [1.82, 2.24) is 14.9 Å². The Kier molecular flexibility index (Phi) is 7.22. The molecule has 3 aromatic rings. The molecule has 1 fully saturated rings. The lowest BCUT2D eigenvalue weighted by Gasteiger charge is -2.33. The first kappa shape index (κ1) is 25.1. The maximum atomic E-state index is 13.2. The molecule has 0 aliphatic carbocycles. The van der Waals surface area contributed by atoms with Gasteiger partial charge in [-0.05, 0) is 30.8 Å². The molecule has 36 heavy (non-hydrogen) atoms. The van der Waals surface area contributed by atoms with Gasteiger partial charge in [0.05, 0.1) is 0 Å². The van der Waals surface area contributed by atoms with Crippen LogP contribution in [0.25, 0.3) is 11.1 Å². The number of halogens is 3. The minimum absolute atomic E-state index is 0.0631. The fraction of sp³-hybridized carbons (Fsp3) is 0.304. The summed E-state index contributed by atoms with van der Waals surface area (Å²) in [4.78, 5) is 12.8. The zero-order valence-electron chi connectivity index (χ0n) is 19.5. The predicted molar refractivity (Wildman–Crippen MR) is 131 cm³/mol. The average Bonchev–Trinajstić information content (AvgIpc) is 2.84. The first-order valence-electron chi connectivity index (χ1n) is 11.1. The molecular weight excluding hydrogens is 477 g/mol. The van der Waals surface area contributed by atoms with Crippen LogP contribution < -0.4 is 37.1 Å². The van der Waals surface area contributed by atoms with Crippen molar-refractivity contribution in [3.8, 4) is 22.6 Å². The molecule has 0 bridgehead atoms. The third-order valence-corrected chi connectivity index (χ3v) is 5.76. The number of hydrogen-bond acceptors (Lipinski definition) is 10. The summed E-state index contributed by atoms with van der Waals surface area (Å²) in [5, 5.41) is 0. The zero-order valence-corrected chi connectivity index (χ0v) is 19.5. The van der Waals surface area contributed by atoms with E-state index in [0.717, 1.165) is 32.0 Å². The predicted octanol–water partition coefficient (Wildman–Crippen LogP) is 2.82. The Bertz CT molecular complexity index is 1200. The largest absolute Gasteiger partial charge is 0.573 e. The monoisotopic (exact) mass is 504 g/mol. The number of nitrogen functional groups attached to an aromatic ring is 3. The molecule has 0 radical (unpaired) electrons. The number of rotatable bonds is 7. The van der Waals surface area contributed by atoms with Crippen LogP contribution in [0.4, 0.5) is 36.3 Å². The molecule has 0 unspecified atom stereocenters. The van der Waals surface area contributed by atoms with Crippen molar-refractivity contribution >= 4 is 23.1 Å². The molecule has 0 spiro atoms. The molecule has 7 N–H and O–H groups in total. The van der Waals surface area contributed by atoms with E-state index in [1.54, 1.807) is 12.3 Å². The van der Waals surface area contributed by atoms with Crippen LogP contribution in [-0.4, -0.2) is 54.5 Å². The molecule has 1 aliphatic heterocycles. The number of likely N-dealkylation sites (N-methyl/N-ethyl adjacent to an activating group) is 1. The lowest BCUT2D eigenvalue weighted by molar-refractivity contribution is -0.275. The van der Waals surface area contributed by atoms with Gasteiger partial charge < -0.3 is 36.2 Å². The summed E-state index contributed by atoms with van der Waals surface area (Å²) in [6.07, 6.45) is -3.26. The second kappa shape index (κ2) is 10.3. The van der Waals surface area contributed by atoms with Crippen LogP contribution in [0.1, 0.15) is 5.56 Å². The summed E-state index contributed by atoms with van der Waals surface area (Å²) in [6.45, 7) is 3.32. The normalized spacial score (nSPS) is 14.5. The third-order valence-electron chi connectivity index (χ3n) is 5.76. The second-order valence-electron chi connectivity index (χ2n) is 8.31. The summed E-state index contributed by atoms with van der Waals surface area (Å²) < 4.78 is 49.4. The Hall–Kier alpha value is -3.97. The fourth-order valence-electron chi connectivity index (χ4n) is 3.79. The summed E-state index contributed by atoms with van der Waals surface area (Å²) in [5.41, 5.74) is 15.3. The third kappa shape index (κ3) is 5.98. The minimum atomic E-state index is -4.90. The van der Waals surface area contributed by atoms with E-state index >= 15 is 0 Å². The van der Waals surface area contributed by atoms with Crippen LogP contribution >= 0.6 is 0 Å². The number of hydrazine groups is 1. The van der Waals surface area contributed by atoms with E-state index in [-0.39, 0.29) is 35.2 Å². The van der Waals surface area contributed by atoms with Crippen LogP contribution in [0.15, 0.2) is 42.6 Å². The molecule has 1 aliphatic rings. The van der Waals surface area contributed by atoms with Gasteiger partial charge in [0.15, 0.2) is 5.82 Å². The van der Waals surface area contributed by atoms with Crippen LogP contribution in [0.3, 0.4) is 0 Å². The van der Waals surface area contributed by atoms with Gasteiger partial charge in [0.2, 0.25) is 0 Å². The van der Waals surface area contributed by atoms with E-state index < -0.39 is 12.1 Å². The van der Waals surface area contributed by atoms with Crippen molar-refractivity contribution in [3.63, 3.8) is 0 Å². The highest BCUT2D eigenvalue weighted by molar-refractivity contribution is 5.72. The summed E-state index contributed by atoms with van der Waals surface area (Å²) in [5.74, 6) is 6.05. The van der Waals surface area contributed by atoms with Gasteiger partial charge in [0.25, 0.3) is 0 Å². The number of nitrogens with zero attached hydrogens (tertiary/aromatic N) is 4. The van der Waals surface area contributed by atoms with Crippen molar-refractivity contribution < 1.29 is 22.6 Å². The maximum absolute atomic E-state index is 13.2. The highest BCUT2D eigenvalue weighted by Gasteiger charge is 2.32. The van der Waals surface area contributed by atoms with Gasteiger partial charge in [-0.25, -0.2) is 15.8 Å². The number of anilines is 4. The first-order valence-corrected chi connectivity index (χ1v) is 11.1. The molecule has 3 heterocycles. The number of ether oxygens (including phenoxy) is 2. The molecule has 1 aromatic carbocycles. The number of hydrogen-bond donors (Lipinski definition) is 4. The van der Waals surface area contributed by atoms with Crippen LogP contribution in [0.2, 0.25) is 0 Å². The summed E-state index contributed by atoms with van der Waals surface area (Å²) in [6, 6.07) is 9.50. The summed E-state index contributed by atoms with van der Waals surface area (Å²) >= 11 is 0. The van der Waals surface area contributed by atoms with E-state index in [4.69, 9.17) is 22.0 Å². The molecule has 2 aromatic heterocycles. The van der Waals surface area contributed by atoms with Crippen LogP contribution in [0.5, 0.6) is 11.5 Å². The number of nitrogens with one attached hydrogen (secondary N) is 1. The van der Waals surface area contributed by atoms with Crippen molar-refractivity contribution in [2.45, 2.75) is 13.0 Å². The molecule has 192 valence electrons. The highest BCUT2D eigenvalue weighted by atomic mass is 19.4. The molecule has 10 nitrogen and oxygen atoms in total. The number of aromatic nitrogens is 2. The SMILES string of the molecule is CN1CCN(c2ccc(-c3ccc(COc4cc(N)nc(NN)c4N)c(OC(F)(F)F)c3)cn2)CC1. The van der Waals surface area contributed by atoms with Gasteiger partial charge in [-0.15, -0.1) is 13.2 Å². The molecular formula is C23H27F3N8O2. The van der Waals surface area contributed by atoms with Gasteiger partial charge in [0.1, 0.15) is 35.4 Å². The first-order chi connectivity index (χ1) is 17.1. The van der Waals surface area contributed by atoms with E-state index in [9.17, 15) is 13.2 Å². The van der Waals surface area contributed by atoms with Crippen molar-refractivity contribution in [1.29, 1.82) is 0 Å². The molecule has 0 saturated carbocycles. The Morgan fingerprint density at radius 2 is 1.72 bits per heavy atom. The molecule has 13 heteroatoms. The Morgan fingerprint density at radius 1 is 1.00 bits per heavy atom. The van der Waals surface area contributed by atoms with E-state index in [2.05, 4.69) is 37.0 Å². The maximum Gasteiger partial charge on any atom is 0.573 e. The molecule has 0 amide bonds. The Labute approximate surface area is 205 Å². The van der Waals surface area contributed by atoms with E-state index in [1.165, 1.54) is 18.2 Å². The second-order valence-corrected chi connectivity index (χ2v) is 8.31. The molecule has 4 rings (SSSR count). The number of alkyl halides is 3. The molecule has 0 atom stereocenters. The quantitative estimate of drug-likeness (QED) is 0.280. The van der Waals surface area contributed by atoms with Crippen molar-refractivity contribution in [3.05, 3.63) is 48.2 Å². The smallest absolute Gasteiger partial charge is 0.486 e. The number of piperazine rings is 1. The highest BCUT2D eigenvalue weighted by Crippen LogP contribution is 2.34. The van der Waals surface area contributed by atoms with Crippen molar-refractivity contribution in [2.75, 3.05) is 55.0 Å². The molecule has 1 saturated heterocycles. The van der Waals surface area contributed by atoms with Crippen molar-refractivity contribution in [2.24, 2.45) is 5.84 Å². The average molecular weight is 505 g/mol. The number of pyridine rings is 2. The number of benzene rings is 1. The van der Waals surface area contributed by atoms with Gasteiger partial charge in [-0.3, -0.25) is 0 Å². The zero-order chi connectivity index (χ0) is 25.9. The van der Waals surface area contributed by atoms with Crippen LogP contribution in [0, 0.1) is 0 Å². The van der Waals surface area contributed by atoms with Gasteiger partial charge in [-0.1, -0.05) is 12.1 Å². The topological polar surface area (TPSA) is 141 Å². The number of nitrogens with two attached hydrogens (primary N) is 3. The lowest BCUT2D eigenvalue weighted by Crippen LogP contribution is -2.44. The van der Waals surface area contributed by atoms with Gasteiger partial charge in [-0.2, -0.15) is 0 Å². The Balaban J connectivity index is 1.56. The fourth-order valence-corrected chi connectivity index (χ4v) is 3.79. The van der Waals surface area contributed by atoms with Crippen LogP contribution in [-0.2, 0) is 6.61 Å². The lowest BCUT2D eigenvalue weighted by atomic mass is 10.0. The summed E-state index contributed by atoms with van der Waals surface area (Å²) in [7, 11) is 2.07. The van der Waals surface area contributed by atoms with Gasteiger partial charge in [0, 0.05) is 49.6 Å². The standard InChI is InChI=1S/C23H27F3N8O2/c1-33-6-8-34(9-7-33)20-5-4-15(12-30-20)14-2-3-16(17(10-14)36-23(24,25)26)13-35-18-11-19(27)31-22(32-29)21(18)28/h2-5,10-12H,6-9,13,28-29H2,1H3,(H3,27,31,32). The van der Waals surface area contributed by atoms with E-state index in [0.29, 0.717) is 11.1 Å². The van der Waals surface area contributed by atoms with E-state index in [1.807, 2.05) is 12.1 Å².